The molecule has 0 fully saturated rings. The number of nitrogens with zero attached hydrogens (tertiary/aromatic N) is 1. The van der Waals surface area contributed by atoms with Crippen LogP contribution < -0.4 is 4.90 Å². The summed E-state index contributed by atoms with van der Waals surface area (Å²) < 4.78 is 6.99. The third-order valence-corrected chi connectivity index (χ3v) is 14.9. The number of anilines is 3. The number of para-hydroxylation sites is 1. The second-order valence-corrected chi connectivity index (χ2v) is 18.3. The minimum atomic E-state index is -0.379. The number of furan rings is 1. The van der Waals surface area contributed by atoms with Gasteiger partial charge in [0, 0.05) is 27.6 Å². The maximum absolute atomic E-state index is 6.99. The number of rotatable bonds is 4. The van der Waals surface area contributed by atoms with Crippen LogP contribution in [0.15, 0.2) is 217 Å². The van der Waals surface area contributed by atoms with Gasteiger partial charge < -0.3 is 9.32 Å². The van der Waals surface area contributed by atoms with Crippen molar-refractivity contribution in [3.8, 4) is 44.5 Å². The fourth-order valence-electron chi connectivity index (χ4n) is 12.2. The molecule has 1 spiro atoms. The quantitative estimate of drug-likeness (QED) is 0.176. The van der Waals surface area contributed by atoms with Crippen molar-refractivity contribution in [1.82, 2.24) is 0 Å². The van der Waals surface area contributed by atoms with Crippen LogP contribution in [0.4, 0.5) is 17.1 Å². The maximum atomic E-state index is 6.99. The maximum Gasteiger partial charge on any atom is 0.143 e. The molecule has 1 heterocycles. The predicted molar refractivity (Wildman–Crippen MR) is 265 cm³/mol. The van der Waals surface area contributed by atoms with Crippen molar-refractivity contribution < 1.29 is 4.42 Å². The number of benzene rings is 10. The molecule has 3 aliphatic rings. The Hall–Kier alpha value is -7.94. The summed E-state index contributed by atoms with van der Waals surface area (Å²) in [6.45, 7) is 4.71. The lowest BCUT2D eigenvalue weighted by Crippen LogP contribution is -2.25. The Morgan fingerprint density at radius 1 is 0.359 bits per heavy atom. The molecule has 0 saturated heterocycles. The molecule has 14 rings (SSSR count). The zero-order valence-electron chi connectivity index (χ0n) is 35.6. The van der Waals surface area contributed by atoms with Gasteiger partial charge in [0.25, 0.3) is 0 Å². The molecule has 0 N–H and O–H groups in total. The second kappa shape index (κ2) is 12.8. The molecule has 0 bridgehead atoms. The molecule has 0 amide bonds. The summed E-state index contributed by atoms with van der Waals surface area (Å²) in [6.07, 6.45) is 0. The van der Waals surface area contributed by atoms with Crippen molar-refractivity contribution in [2.24, 2.45) is 0 Å². The lowest BCUT2D eigenvalue weighted by atomic mass is 9.70. The van der Waals surface area contributed by atoms with E-state index in [9.17, 15) is 0 Å². The minimum absolute atomic E-state index is 0.132. The van der Waals surface area contributed by atoms with Crippen molar-refractivity contribution in [2.75, 3.05) is 4.90 Å². The number of fused-ring (bicyclic) bond motifs is 18. The van der Waals surface area contributed by atoms with Crippen LogP contribution in [-0.4, -0.2) is 0 Å². The summed E-state index contributed by atoms with van der Waals surface area (Å²) in [7, 11) is 0. The summed E-state index contributed by atoms with van der Waals surface area (Å²) in [5.74, 6) is 0. The minimum Gasteiger partial charge on any atom is -0.455 e. The van der Waals surface area contributed by atoms with Gasteiger partial charge in [-0.3, -0.25) is 0 Å². The summed E-state index contributed by atoms with van der Waals surface area (Å²) >= 11 is 0. The third-order valence-electron chi connectivity index (χ3n) is 14.9. The first-order valence-electron chi connectivity index (χ1n) is 22.4. The molecule has 0 aliphatic heterocycles. The lowest BCUT2D eigenvalue weighted by molar-refractivity contribution is 0.660. The molecule has 0 radical (unpaired) electrons. The van der Waals surface area contributed by atoms with Gasteiger partial charge in [0.15, 0.2) is 0 Å². The van der Waals surface area contributed by atoms with E-state index in [1.807, 2.05) is 0 Å². The fourth-order valence-corrected chi connectivity index (χ4v) is 12.2. The van der Waals surface area contributed by atoms with Gasteiger partial charge in [-0.05, 0) is 132 Å². The molecule has 2 heteroatoms. The highest BCUT2D eigenvalue weighted by Crippen LogP contribution is 2.63. The number of hydrogen-bond donors (Lipinski definition) is 0. The van der Waals surface area contributed by atoms with E-state index in [2.05, 4.69) is 231 Å². The first kappa shape index (κ1) is 35.6. The van der Waals surface area contributed by atoms with Crippen molar-refractivity contribution in [1.29, 1.82) is 0 Å². The third kappa shape index (κ3) is 4.54. The van der Waals surface area contributed by atoms with E-state index in [0.29, 0.717) is 0 Å². The predicted octanol–water partition coefficient (Wildman–Crippen LogP) is 16.5. The van der Waals surface area contributed by atoms with Crippen LogP contribution in [0.3, 0.4) is 0 Å². The van der Waals surface area contributed by atoms with E-state index in [4.69, 9.17) is 4.42 Å². The topological polar surface area (TPSA) is 16.4 Å². The molecule has 1 aromatic heterocycles. The molecule has 64 heavy (non-hydrogen) atoms. The van der Waals surface area contributed by atoms with Crippen LogP contribution in [0.25, 0.3) is 77.2 Å². The average molecular weight is 816 g/mol. The first-order chi connectivity index (χ1) is 31.5. The molecule has 2 nitrogen and oxygen atoms in total. The standard InChI is InChI=1S/C62H41NO/c1-61(2)51-25-12-8-20-42(51)46-33-32-40(36-56(46)61)63(39-17-4-3-5-18-39)57-29-16-30-58-59(57)50-37-48(41-19-6-7-24-47(41)60(50)64-58)38-31-34-55-49(35-38)45-23-11-15-28-54(45)62(55)52-26-13-9-21-43(52)44-22-10-14-27-53(44)62/h3-37H,1-2H3. The van der Waals surface area contributed by atoms with Gasteiger partial charge in [-0.1, -0.05) is 178 Å². The van der Waals surface area contributed by atoms with Crippen molar-refractivity contribution >= 4 is 49.8 Å². The molecule has 300 valence electrons. The fraction of sp³-hybridized carbons (Fsp3) is 0.0645. The van der Waals surface area contributed by atoms with Gasteiger partial charge >= 0.3 is 0 Å². The molecule has 3 aliphatic carbocycles. The van der Waals surface area contributed by atoms with Crippen LogP contribution >= 0.6 is 0 Å². The van der Waals surface area contributed by atoms with Crippen molar-refractivity contribution in [3.63, 3.8) is 0 Å². The highest BCUT2D eigenvalue weighted by atomic mass is 16.3. The van der Waals surface area contributed by atoms with Crippen LogP contribution in [0.5, 0.6) is 0 Å². The normalized spacial score (nSPS) is 14.3. The highest BCUT2D eigenvalue weighted by molar-refractivity contribution is 6.22. The molecule has 0 unspecified atom stereocenters. The molecular formula is C62H41NO. The molecule has 0 saturated carbocycles. The Morgan fingerprint density at radius 3 is 1.62 bits per heavy atom. The Kier molecular flexibility index (Phi) is 7.13. The van der Waals surface area contributed by atoms with E-state index >= 15 is 0 Å². The van der Waals surface area contributed by atoms with Crippen molar-refractivity contribution in [3.05, 3.63) is 246 Å². The van der Waals surface area contributed by atoms with E-state index in [-0.39, 0.29) is 10.8 Å². The SMILES string of the molecule is CC1(C)c2ccccc2-c2ccc(N(c3ccccc3)c3cccc4oc5c6ccccc6c(-c6ccc7c(c6)-c6ccccc6C76c7ccccc7-c7ccccc76)cc5c34)cc21. The second-order valence-electron chi connectivity index (χ2n) is 18.3. The van der Waals surface area contributed by atoms with Gasteiger partial charge in [-0.2, -0.15) is 0 Å². The summed E-state index contributed by atoms with van der Waals surface area (Å²) in [5.41, 5.74) is 22.9. The van der Waals surface area contributed by atoms with Gasteiger partial charge in [0.05, 0.1) is 16.5 Å². The Labute approximate surface area is 372 Å². The molecule has 11 aromatic rings. The van der Waals surface area contributed by atoms with Gasteiger partial charge in [0.1, 0.15) is 11.2 Å². The van der Waals surface area contributed by atoms with E-state index < -0.39 is 0 Å². The Bertz CT molecular complexity index is 3730. The van der Waals surface area contributed by atoms with Crippen LogP contribution in [-0.2, 0) is 10.8 Å². The van der Waals surface area contributed by atoms with E-state index in [1.165, 1.54) is 83.3 Å². The summed E-state index contributed by atoms with van der Waals surface area (Å²) in [6, 6.07) is 78.8. The molecular weight excluding hydrogens is 775 g/mol. The zero-order chi connectivity index (χ0) is 42.3. The first-order valence-corrected chi connectivity index (χ1v) is 22.4. The zero-order valence-corrected chi connectivity index (χ0v) is 35.6. The van der Waals surface area contributed by atoms with Gasteiger partial charge in [-0.15, -0.1) is 0 Å². The number of hydrogen-bond acceptors (Lipinski definition) is 2. The summed E-state index contributed by atoms with van der Waals surface area (Å²) in [4.78, 5) is 2.43. The molecule has 10 aromatic carbocycles. The Morgan fingerprint density at radius 2 is 0.922 bits per heavy atom. The largest absolute Gasteiger partial charge is 0.455 e. The molecule has 0 atom stereocenters. The van der Waals surface area contributed by atoms with Gasteiger partial charge in [0.2, 0.25) is 0 Å². The lowest BCUT2D eigenvalue weighted by Gasteiger charge is -2.30. The monoisotopic (exact) mass is 815 g/mol. The highest BCUT2D eigenvalue weighted by Gasteiger charge is 2.51. The smallest absolute Gasteiger partial charge is 0.143 e. The van der Waals surface area contributed by atoms with Crippen LogP contribution in [0.2, 0.25) is 0 Å². The van der Waals surface area contributed by atoms with Gasteiger partial charge in [-0.25, -0.2) is 0 Å². The van der Waals surface area contributed by atoms with E-state index in [0.717, 1.165) is 44.4 Å². The Balaban J connectivity index is 1.00. The average Bonchev–Trinajstić information content (AvgIpc) is 4.04. The van der Waals surface area contributed by atoms with Crippen molar-refractivity contribution in [2.45, 2.75) is 24.7 Å². The van der Waals surface area contributed by atoms with Crippen LogP contribution in [0.1, 0.15) is 47.2 Å². The summed E-state index contributed by atoms with van der Waals surface area (Å²) in [5, 5.41) is 4.48. The van der Waals surface area contributed by atoms with E-state index in [1.54, 1.807) is 0 Å². The van der Waals surface area contributed by atoms with Crippen LogP contribution in [0, 0.1) is 0 Å².